The molecule has 1 N–H and O–H groups in total. The second-order valence-corrected chi connectivity index (χ2v) is 4.47. The molecule has 1 saturated heterocycles. The highest BCUT2D eigenvalue weighted by atomic mass is 16.2. The van der Waals surface area contributed by atoms with Crippen molar-refractivity contribution in [1.29, 1.82) is 0 Å². The molecule has 1 aromatic heterocycles. The Labute approximate surface area is 106 Å². The summed E-state index contributed by atoms with van der Waals surface area (Å²) in [5.41, 5.74) is 1.27. The van der Waals surface area contributed by atoms with Gasteiger partial charge in [0.15, 0.2) is 6.29 Å². The summed E-state index contributed by atoms with van der Waals surface area (Å²) in [6.45, 7) is 5.06. The molecule has 0 spiro atoms. The van der Waals surface area contributed by atoms with Gasteiger partial charge in [-0.1, -0.05) is 6.92 Å². The summed E-state index contributed by atoms with van der Waals surface area (Å²) < 4.78 is 1.68. The van der Waals surface area contributed by atoms with Crippen molar-refractivity contribution in [3.8, 4) is 0 Å². The van der Waals surface area contributed by atoms with Crippen LogP contribution < -0.4 is 10.2 Å². The van der Waals surface area contributed by atoms with Gasteiger partial charge in [-0.15, -0.1) is 0 Å². The van der Waals surface area contributed by atoms with Crippen molar-refractivity contribution in [2.24, 2.45) is 7.05 Å². The van der Waals surface area contributed by atoms with Gasteiger partial charge in [-0.25, -0.2) is 0 Å². The molecular weight excluding hydrogens is 232 g/mol. The van der Waals surface area contributed by atoms with E-state index >= 15 is 0 Å². The van der Waals surface area contributed by atoms with Gasteiger partial charge >= 0.3 is 0 Å². The minimum absolute atomic E-state index is 0.0134. The Morgan fingerprint density at radius 3 is 2.89 bits per heavy atom. The van der Waals surface area contributed by atoms with Crippen molar-refractivity contribution in [3.63, 3.8) is 0 Å². The van der Waals surface area contributed by atoms with Crippen molar-refractivity contribution >= 4 is 18.0 Å². The Morgan fingerprint density at radius 2 is 2.28 bits per heavy atom. The number of piperazine rings is 1. The highest BCUT2D eigenvalue weighted by Gasteiger charge is 2.32. The molecule has 0 bridgehead atoms. The Morgan fingerprint density at radius 1 is 1.56 bits per heavy atom. The molecule has 6 heteroatoms. The average molecular weight is 250 g/mol. The predicted molar refractivity (Wildman–Crippen MR) is 67.8 cm³/mol. The first-order valence-corrected chi connectivity index (χ1v) is 6.13. The Bertz CT molecular complexity index is 481. The van der Waals surface area contributed by atoms with E-state index in [9.17, 15) is 9.59 Å². The van der Waals surface area contributed by atoms with E-state index in [1.807, 2.05) is 11.8 Å². The number of aryl methyl sites for hydroxylation is 2. The maximum atomic E-state index is 11.9. The van der Waals surface area contributed by atoms with Crippen molar-refractivity contribution in [1.82, 2.24) is 15.1 Å². The zero-order chi connectivity index (χ0) is 13.3. The minimum atomic E-state index is -0.229. The Kier molecular flexibility index (Phi) is 3.36. The quantitative estimate of drug-likeness (QED) is 0.781. The fraction of sp³-hybridized carbons (Fsp3) is 0.583. The molecule has 0 radical (unpaired) electrons. The van der Waals surface area contributed by atoms with Crippen LogP contribution in [0.15, 0.2) is 0 Å². The lowest BCUT2D eigenvalue weighted by molar-refractivity contribution is -0.123. The van der Waals surface area contributed by atoms with Crippen LogP contribution in [0.2, 0.25) is 0 Å². The molecule has 18 heavy (non-hydrogen) atoms. The number of aromatic nitrogens is 2. The highest BCUT2D eigenvalue weighted by molar-refractivity contribution is 5.90. The first-order chi connectivity index (χ1) is 8.60. The lowest BCUT2D eigenvalue weighted by Crippen LogP contribution is -2.55. The maximum absolute atomic E-state index is 11.9. The number of amides is 1. The summed E-state index contributed by atoms with van der Waals surface area (Å²) in [6, 6.07) is -0.229. The van der Waals surface area contributed by atoms with E-state index in [-0.39, 0.29) is 11.9 Å². The van der Waals surface area contributed by atoms with Crippen molar-refractivity contribution in [2.45, 2.75) is 26.3 Å². The van der Waals surface area contributed by atoms with Gasteiger partial charge < -0.3 is 10.2 Å². The highest BCUT2D eigenvalue weighted by Crippen LogP contribution is 2.25. The molecule has 1 aliphatic rings. The summed E-state index contributed by atoms with van der Waals surface area (Å²) in [5, 5.41) is 7.11. The lowest BCUT2D eigenvalue weighted by atomic mass is 10.1. The molecule has 1 amide bonds. The number of carbonyl (C=O) groups is 2. The van der Waals surface area contributed by atoms with E-state index in [1.54, 1.807) is 18.7 Å². The molecule has 6 nitrogen and oxygen atoms in total. The molecule has 1 aliphatic heterocycles. The van der Waals surface area contributed by atoms with Crippen LogP contribution in [-0.2, 0) is 11.8 Å². The van der Waals surface area contributed by atoms with Crippen LogP contribution in [0.25, 0.3) is 0 Å². The van der Waals surface area contributed by atoms with E-state index in [4.69, 9.17) is 0 Å². The molecule has 0 aliphatic carbocycles. The van der Waals surface area contributed by atoms with E-state index in [1.165, 1.54) is 0 Å². The molecule has 1 aromatic rings. The number of rotatable bonds is 3. The number of nitrogens with zero attached hydrogens (tertiary/aromatic N) is 3. The number of aldehydes is 1. The molecule has 2 heterocycles. The molecule has 1 fully saturated rings. The molecule has 98 valence electrons. The van der Waals surface area contributed by atoms with E-state index in [2.05, 4.69) is 10.4 Å². The van der Waals surface area contributed by atoms with Gasteiger partial charge in [0.1, 0.15) is 11.9 Å². The zero-order valence-corrected chi connectivity index (χ0v) is 10.9. The number of hydrogen-bond acceptors (Lipinski definition) is 4. The predicted octanol–water partition coefficient (Wildman–Crippen LogP) is 0.256. The van der Waals surface area contributed by atoms with Gasteiger partial charge in [-0.2, -0.15) is 5.10 Å². The largest absolute Gasteiger partial charge is 0.353 e. The molecule has 1 atom stereocenters. The first kappa shape index (κ1) is 12.6. The smallest absolute Gasteiger partial charge is 0.242 e. The Balaban J connectivity index is 2.46. The normalized spacial score (nSPS) is 19.8. The molecule has 0 aromatic carbocycles. The topological polar surface area (TPSA) is 67.2 Å². The maximum Gasteiger partial charge on any atom is 0.242 e. The number of nitrogens with one attached hydrogen (secondary N) is 1. The van der Waals surface area contributed by atoms with Crippen molar-refractivity contribution in [3.05, 3.63) is 11.3 Å². The van der Waals surface area contributed by atoms with Gasteiger partial charge in [0.2, 0.25) is 5.91 Å². The summed E-state index contributed by atoms with van der Waals surface area (Å²) in [4.78, 5) is 25.0. The fourth-order valence-corrected chi connectivity index (χ4v) is 2.51. The minimum Gasteiger partial charge on any atom is -0.353 e. The Hall–Kier alpha value is -1.85. The first-order valence-electron chi connectivity index (χ1n) is 6.13. The van der Waals surface area contributed by atoms with Crippen LogP contribution in [-0.4, -0.2) is 41.1 Å². The summed E-state index contributed by atoms with van der Waals surface area (Å²) in [5.74, 6) is 0.753. The second kappa shape index (κ2) is 4.80. The van der Waals surface area contributed by atoms with Crippen LogP contribution in [0, 0.1) is 6.92 Å². The molecular formula is C12H18N4O2. The van der Waals surface area contributed by atoms with E-state index in [0.717, 1.165) is 12.1 Å². The third-order valence-corrected chi connectivity index (χ3v) is 3.34. The number of carbonyl (C=O) groups excluding carboxylic acids is 2. The monoisotopic (exact) mass is 250 g/mol. The standard InChI is InChI=1S/C12H18N4O2/c1-4-10-11(18)13-5-6-16(10)12-9(7-17)8(2)14-15(12)3/h7,10H,4-6H2,1-3H3,(H,13,18). The summed E-state index contributed by atoms with van der Waals surface area (Å²) in [6.07, 6.45) is 1.52. The van der Waals surface area contributed by atoms with E-state index < -0.39 is 0 Å². The third-order valence-electron chi connectivity index (χ3n) is 3.34. The van der Waals surface area contributed by atoms with Crippen LogP contribution in [0.3, 0.4) is 0 Å². The number of anilines is 1. The van der Waals surface area contributed by atoms with Gasteiger partial charge in [0.25, 0.3) is 0 Å². The zero-order valence-electron chi connectivity index (χ0n) is 10.9. The molecule has 0 saturated carbocycles. The van der Waals surface area contributed by atoms with Crippen molar-refractivity contribution in [2.75, 3.05) is 18.0 Å². The van der Waals surface area contributed by atoms with Crippen LogP contribution in [0.4, 0.5) is 5.82 Å². The van der Waals surface area contributed by atoms with Crippen molar-refractivity contribution < 1.29 is 9.59 Å². The van der Waals surface area contributed by atoms with Gasteiger partial charge in [-0.05, 0) is 13.3 Å². The summed E-state index contributed by atoms with van der Waals surface area (Å²) in [7, 11) is 1.80. The SMILES string of the molecule is CCC1C(=O)NCCN1c1c(C=O)c(C)nn1C. The van der Waals surface area contributed by atoms with Gasteiger partial charge in [-0.3, -0.25) is 14.3 Å². The fourth-order valence-electron chi connectivity index (χ4n) is 2.51. The van der Waals surface area contributed by atoms with Gasteiger partial charge in [0, 0.05) is 20.1 Å². The second-order valence-electron chi connectivity index (χ2n) is 4.47. The van der Waals surface area contributed by atoms with E-state index in [0.29, 0.717) is 30.8 Å². The van der Waals surface area contributed by atoms with Crippen LogP contribution in [0.5, 0.6) is 0 Å². The lowest BCUT2D eigenvalue weighted by Gasteiger charge is -2.36. The molecule has 2 rings (SSSR count). The number of hydrogen-bond donors (Lipinski definition) is 1. The summed E-state index contributed by atoms with van der Waals surface area (Å²) >= 11 is 0. The van der Waals surface area contributed by atoms with Crippen LogP contribution in [0.1, 0.15) is 29.4 Å². The third kappa shape index (κ3) is 1.87. The molecule has 1 unspecified atom stereocenters. The van der Waals surface area contributed by atoms with Crippen LogP contribution >= 0.6 is 0 Å². The average Bonchev–Trinajstić information content (AvgIpc) is 2.63. The van der Waals surface area contributed by atoms with Gasteiger partial charge in [0.05, 0.1) is 11.3 Å².